The smallest absolute Gasteiger partial charge is 0.335 e. The zero-order chi connectivity index (χ0) is 19.9. The maximum absolute atomic E-state index is 11.4. The Morgan fingerprint density at radius 2 is 1.78 bits per heavy atom. The number of fused-ring (bicyclic) bond motifs is 1. The second-order valence-electron chi connectivity index (χ2n) is 7.07. The molecule has 11 nitrogen and oxygen atoms in total. The third-order valence-electron chi connectivity index (χ3n) is 5.52. The van der Waals surface area contributed by atoms with Crippen LogP contribution in [0.2, 0.25) is 0 Å². The van der Waals surface area contributed by atoms with Gasteiger partial charge in [-0.2, -0.15) is 0 Å². The molecule has 1 aliphatic carbocycles. The van der Waals surface area contributed by atoms with E-state index in [0.29, 0.717) is 0 Å². The number of carboxylic acid groups (broad SMARTS) is 1. The van der Waals surface area contributed by atoms with E-state index < -0.39 is 73.4 Å². The van der Waals surface area contributed by atoms with Crippen LogP contribution in [0.5, 0.6) is 0 Å². The molecule has 3 aliphatic rings. The van der Waals surface area contributed by atoms with Gasteiger partial charge in [-0.25, -0.2) is 4.79 Å². The molecule has 0 bridgehead atoms. The zero-order valence-corrected chi connectivity index (χ0v) is 14.2. The molecule has 11 heteroatoms. The number of hydrogen-bond acceptors (Lipinski definition) is 10. The van der Waals surface area contributed by atoms with Crippen LogP contribution in [0.3, 0.4) is 0 Å². The van der Waals surface area contributed by atoms with Gasteiger partial charge in [0.25, 0.3) is 0 Å². The van der Waals surface area contributed by atoms with E-state index in [1.54, 1.807) is 0 Å². The maximum atomic E-state index is 11.4. The van der Waals surface area contributed by atoms with Gasteiger partial charge >= 0.3 is 5.97 Å². The number of aliphatic carboxylic acids is 1. The summed E-state index contributed by atoms with van der Waals surface area (Å²) in [4.78, 5) is 11.4. The average molecular weight is 392 g/mol. The van der Waals surface area contributed by atoms with Crippen LogP contribution in [0.25, 0.3) is 0 Å². The van der Waals surface area contributed by atoms with E-state index in [0.717, 1.165) is 6.26 Å². The van der Waals surface area contributed by atoms with Crippen LogP contribution in [0.4, 0.5) is 0 Å². The number of rotatable bonds is 5. The van der Waals surface area contributed by atoms with Crippen LogP contribution in [0, 0.1) is 17.8 Å². The number of aliphatic hydroxyl groups excluding tert-OH is 6. The quantitative estimate of drug-likeness (QED) is 0.249. The summed E-state index contributed by atoms with van der Waals surface area (Å²) in [6.45, 7) is -0.980. The van der Waals surface area contributed by atoms with Crippen molar-refractivity contribution in [1.82, 2.24) is 0 Å². The Bertz CT molecular complexity index is 579. The minimum Gasteiger partial charge on any atom is -0.478 e. The Kier molecular flexibility index (Phi) is 6.03. The summed E-state index contributed by atoms with van der Waals surface area (Å²) >= 11 is 0. The van der Waals surface area contributed by atoms with E-state index in [9.17, 15) is 40.5 Å². The Labute approximate surface area is 154 Å². The van der Waals surface area contributed by atoms with Gasteiger partial charge in [-0.15, -0.1) is 0 Å². The van der Waals surface area contributed by atoms with E-state index in [1.807, 2.05) is 0 Å². The highest BCUT2D eigenvalue weighted by Crippen LogP contribution is 2.47. The fourth-order valence-electron chi connectivity index (χ4n) is 4.10. The third-order valence-corrected chi connectivity index (χ3v) is 5.52. The average Bonchev–Trinajstić information content (AvgIpc) is 2.99. The molecule has 5 unspecified atom stereocenters. The molecule has 0 amide bonds. The topological polar surface area (TPSA) is 186 Å². The van der Waals surface area contributed by atoms with E-state index in [-0.39, 0.29) is 18.6 Å². The highest BCUT2D eigenvalue weighted by atomic mass is 16.8. The molecule has 0 aromatic rings. The Morgan fingerprint density at radius 3 is 2.37 bits per heavy atom. The molecule has 7 N–H and O–H groups in total. The second-order valence-corrected chi connectivity index (χ2v) is 7.07. The summed E-state index contributed by atoms with van der Waals surface area (Å²) in [5.41, 5.74) is -0.155. The van der Waals surface area contributed by atoms with Gasteiger partial charge in [-0.05, 0) is 12.3 Å². The first kappa shape index (κ1) is 20.4. The molecule has 0 radical (unpaired) electrons. The molecule has 0 aromatic heterocycles. The monoisotopic (exact) mass is 392 g/mol. The third kappa shape index (κ3) is 3.57. The van der Waals surface area contributed by atoms with Crippen LogP contribution in [0.1, 0.15) is 6.42 Å². The molecule has 1 saturated carbocycles. The van der Waals surface area contributed by atoms with Crippen molar-refractivity contribution in [3.05, 3.63) is 11.8 Å². The first-order chi connectivity index (χ1) is 12.8. The summed E-state index contributed by atoms with van der Waals surface area (Å²) in [6.07, 6.45) is -8.66. The lowest BCUT2D eigenvalue weighted by molar-refractivity contribution is -0.343. The molecule has 10 atom stereocenters. The van der Waals surface area contributed by atoms with E-state index in [1.165, 1.54) is 0 Å². The van der Waals surface area contributed by atoms with Crippen LogP contribution in [0.15, 0.2) is 11.8 Å². The van der Waals surface area contributed by atoms with Crippen LogP contribution < -0.4 is 0 Å². The summed E-state index contributed by atoms with van der Waals surface area (Å²) in [5.74, 6) is -3.39. The molecule has 3 rings (SSSR count). The van der Waals surface area contributed by atoms with Crippen molar-refractivity contribution in [2.24, 2.45) is 17.8 Å². The first-order valence-electron chi connectivity index (χ1n) is 8.63. The van der Waals surface area contributed by atoms with Crippen LogP contribution in [-0.4, -0.2) is 98.0 Å². The highest BCUT2D eigenvalue weighted by Gasteiger charge is 2.54. The van der Waals surface area contributed by atoms with Crippen molar-refractivity contribution in [3.8, 4) is 0 Å². The highest BCUT2D eigenvalue weighted by molar-refractivity contribution is 5.87. The van der Waals surface area contributed by atoms with Gasteiger partial charge in [0, 0.05) is 18.4 Å². The van der Waals surface area contributed by atoms with Crippen LogP contribution >= 0.6 is 0 Å². The van der Waals surface area contributed by atoms with Crippen molar-refractivity contribution in [3.63, 3.8) is 0 Å². The summed E-state index contributed by atoms with van der Waals surface area (Å²) in [6, 6.07) is 0. The van der Waals surface area contributed by atoms with Gasteiger partial charge < -0.3 is 50.0 Å². The van der Waals surface area contributed by atoms with Gasteiger partial charge in [-0.3, -0.25) is 0 Å². The normalized spacial score (nSPS) is 47.1. The van der Waals surface area contributed by atoms with Gasteiger partial charge in [0.15, 0.2) is 6.29 Å². The van der Waals surface area contributed by atoms with Gasteiger partial charge in [0.2, 0.25) is 6.29 Å². The molecule has 2 heterocycles. The largest absolute Gasteiger partial charge is 0.478 e. The Balaban J connectivity index is 1.82. The molecule has 1 saturated heterocycles. The lowest BCUT2D eigenvalue weighted by Crippen LogP contribution is -2.60. The Hall–Kier alpha value is -1.31. The van der Waals surface area contributed by atoms with Crippen LogP contribution in [-0.2, 0) is 19.0 Å². The summed E-state index contributed by atoms with van der Waals surface area (Å²) < 4.78 is 16.2. The number of aliphatic hydroxyl groups is 6. The SMILES string of the molecule is O=C(O)C1=CO[C@@H](OC2O[C@H](CO)[C@@H](O)[C@H](O)C2O)C2C(CO)C[C@H](O)C12. The lowest BCUT2D eigenvalue weighted by atomic mass is 9.82. The number of carboxylic acids is 1. The molecule has 2 fully saturated rings. The summed E-state index contributed by atoms with van der Waals surface area (Å²) in [7, 11) is 0. The number of carbonyl (C=O) groups is 1. The van der Waals surface area contributed by atoms with Crippen molar-refractivity contribution in [1.29, 1.82) is 0 Å². The minimum atomic E-state index is -1.66. The fourth-order valence-corrected chi connectivity index (χ4v) is 4.10. The fraction of sp³-hybridized carbons (Fsp3) is 0.812. The molecule has 2 aliphatic heterocycles. The van der Waals surface area contributed by atoms with E-state index in [2.05, 4.69) is 0 Å². The predicted octanol–water partition coefficient (Wildman–Crippen LogP) is -3.27. The molecular weight excluding hydrogens is 368 g/mol. The van der Waals surface area contributed by atoms with Crippen molar-refractivity contribution < 1.29 is 54.8 Å². The first-order valence-corrected chi connectivity index (χ1v) is 8.63. The van der Waals surface area contributed by atoms with Gasteiger partial charge in [-0.1, -0.05) is 0 Å². The standard InChI is InChI=1S/C16H24O11/c17-2-5-1-7(19)10-6(14(23)24)4-25-15(9(5)10)27-16-13(22)12(21)11(20)8(3-18)26-16/h4-5,7-13,15-22H,1-3H2,(H,23,24)/t5?,7-,8+,9?,10?,11+,12-,13?,15-,16?/m0/s1. The summed E-state index contributed by atoms with van der Waals surface area (Å²) in [5, 5.41) is 68.2. The Morgan fingerprint density at radius 1 is 1.07 bits per heavy atom. The molecule has 154 valence electrons. The molecule has 0 aromatic carbocycles. The van der Waals surface area contributed by atoms with Crippen molar-refractivity contribution in [2.75, 3.05) is 13.2 Å². The van der Waals surface area contributed by atoms with E-state index >= 15 is 0 Å². The van der Waals surface area contributed by atoms with Gasteiger partial charge in [0.1, 0.15) is 24.4 Å². The van der Waals surface area contributed by atoms with Crippen molar-refractivity contribution >= 4 is 5.97 Å². The minimum absolute atomic E-state index is 0.133. The number of ether oxygens (including phenoxy) is 3. The van der Waals surface area contributed by atoms with Gasteiger partial charge in [0.05, 0.1) is 24.5 Å². The lowest BCUT2D eigenvalue weighted by Gasteiger charge is -2.43. The zero-order valence-electron chi connectivity index (χ0n) is 14.2. The van der Waals surface area contributed by atoms with E-state index in [4.69, 9.17) is 14.2 Å². The molecular formula is C16H24O11. The second kappa shape index (κ2) is 7.97. The number of hydrogen-bond donors (Lipinski definition) is 7. The molecule has 27 heavy (non-hydrogen) atoms. The maximum Gasteiger partial charge on any atom is 0.335 e. The van der Waals surface area contributed by atoms with Crippen molar-refractivity contribution in [2.45, 2.75) is 49.5 Å². The predicted molar refractivity (Wildman–Crippen MR) is 83.6 cm³/mol. The molecule has 0 spiro atoms.